The fraction of sp³-hybridized carbons (Fsp3) is 0.360. The summed E-state index contributed by atoms with van der Waals surface area (Å²) in [5.41, 5.74) is 2.75. The number of aromatic nitrogens is 1. The minimum Gasteiger partial charge on any atom is -0.489 e. The van der Waals surface area contributed by atoms with Crippen LogP contribution in [0, 0.1) is 24.5 Å². The van der Waals surface area contributed by atoms with E-state index in [1.54, 1.807) is 6.07 Å². The molecule has 0 amide bonds. The van der Waals surface area contributed by atoms with Crippen LogP contribution in [0.1, 0.15) is 35.9 Å². The van der Waals surface area contributed by atoms with Crippen LogP contribution in [0.2, 0.25) is 0 Å². The fourth-order valence-corrected chi connectivity index (χ4v) is 4.11. The SMILES string of the molecule is Cc1cc(OCc2cccc(F)c2F)ccc1-c1nc2c(o1)CCN(CC(C)CC(=O)O)C2. The number of carboxylic acids is 1. The van der Waals surface area contributed by atoms with Gasteiger partial charge in [0.1, 0.15) is 18.1 Å². The summed E-state index contributed by atoms with van der Waals surface area (Å²) in [7, 11) is 0. The van der Waals surface area contributed by atoms with Gasteiger partial charge in [-0.3, -0.25) is 9.69 Å². The average Bonchev–Trinajstić information content (AvgIpc) is 3.17. The molecule has 0 saturated heterocycles. The van der Waals surface area contributed by atoms with Crippen LogP contribution in [-0.2, 0) is 24.4 Å². The summed E-state index contributed by atoms with van der Waals surface area (Å²) in [4.78, 5) is 17.8. The zero-order valence-corrected chi connectivity index (χ0v) is 18.6. The summed E-state index contributed by atoms with van der Waals surface area (Å²) < 4.78 is 38.9. The predicted octanol–water partition coefficient (Wildman–Crippen LogP) is 4.98. The highest BCUT2D eigenvalue weighted by molar-refractivity contribution is 5.67. The fourth-order valence-electron chi connectivity index (χ4n) is 4.11. The van der Waals surface area contributed by atoms with Crippen molar-refractivity contribution in [1.29, 1.82) is 0 Å². The number of halogens is 2. The minimum absolute atomic E-state index is 0.0612. The number of ether oxygens (including phenoxy) is 1. The first-order valence-electron chi connectivity index (χ1n) is 10.9. The van der Waals surface area contributed by atoms with E-state index in [4.69, 9.17) is 14.3 Å². The molecule has 1 atom stereocenters. The molecule has 0 saturated carbocycles. The normalized spacial score (nSPS) is 14.7. The van der Waals surface area contributed by atoms with Crippen LogP contribution in [0.3, 0.4) is 0 Å². The molecule has 0 radical (unpaired) electrons. The first kappa shape index (κ1) is 22.9. The third-order valence-electron chi connectivity index (χ3n) is 5.75. The number of fused-ring (bicyclic) bond motifs is 1. The molecule has 8 heteroatoms. The Hall–Kier alpha value is -3.26. The van der Waals surface area contributed by atoms with Crippen LogP contribution in [0.4, 0.5) is 8.78 Å². The average molecular weight is 456 g/mol. The molecule has 1 aliphatic rings. The van der Waals surface area contributed by atoms with E-state index in [9.17, 15) is 13.6 Å². The highest BCUT2D eigenvalue weighted by Gasteiger charge is 2.25. The Morgan fingerprint density at radius 3 is 2.88 bits per heavy atom. The van der Waals surface area contributed by atoms with Gasteiger partial charge in [0.15, 0.2) is 11.6 Å². The number of carbonyl (C=O) groups is 1. The molecule has 3 aromatic rings. The molecular weight excluding hydrogens is 430 g/mol. The number of carboxylic acid groups (broad SMARTS) is 1. The molecule has 0 fully saturated rings. The van der Waals surface area contributed by atoms with Gasteiger partial charge in [-0.1, -0.05) is 19.1 Å². The first-order chi connectivity index (χ1) is 15.8. The molecule has 0 spiro atoms. The van der Waals surface area contributed by atoms with Crippen LogP contribution in [0.25, 0.3) is 11.5 Å². The summed E-state index contributed by atoms with van der Waals surface area (Å²) in [6.07, 6.45) is 0.870. The Kier molecular flexibility index (Phi) is 6.74. The molecule has 1 unspecified atom stereocenters. The molecule has 4 rings (SSSR count). The lowest BCUT2D eigenvalue weighted by molar-refractivity contribution is -0.138. The van der Waals surface area contributed by atoms with Crippen LogP contribution < -0.4 is 4.74 Å². The number of rotatable bonds is 8. The van der Waals surface area contributed by atoms with Gasteiger partial charge in [-0.25, -0.2) is 13.8 Å². The van der Waals surface area contributed by atoms with Crippen molar-refractivity contribution in [3.63, 3.8) is 0 Å². The van der Waals surface area contributed by atoms with Crippen molar-refractivity contribution < 1.29 is 27.8 Å². The van der Waals surface area contributed by atoms with E-state index in [0.29, 0.717) is 24.7 Å². The molecule has 2 heterocycles. The van der Waals surface area contributed by atoms with Gasteiger partial charge in [-0.05, 0) is 42.7 Å². The molecule has 2 aromatic carbocycles. The second-order valence-electron chi connectivity index (χ2n) is 8.56. The molecule has 6 nitrogen and oxygen atoms in total. The summed E-state index contributed by atoms with van der Waals surface area (Å²) in [6.45, 7) is 5.90. The Balaban J connectivity index is 1.43. The molecular formula is C25H26F2N2O4. The third kappa shape index (κ3) is 5.39. The second kappa shape index (κ2) is 9.70. The topological polar surface area (TPSA) is 75.8 Å². The van der Waals surface area contributed by atoms with Gasteiger partial charge in [0.25, 0.3) is 0 Å². The van der Waals surface area contributed by atoms with Gasteiger partial charge in [-0.15, -0.1) is 0 Å². The van der Waals surface area contributed by atoms with Crippen LogP contribution in [-0.4, -0.2) is 34.0 Å². The maximum Gasteiger partial charge on any atom is 0.303 e. The van der Waals surface area contributed by atoms with Crippen LogP contribution >= 0.6 is 0 Å². The molecule has 174 valence electrons. The lowest BCUT2D eigenvalue weighted by Gasteiger charge is -2.27. The van der Waals surface area contributed by atoms with E-state index in [2.05, 4.69) is 9.88 Å². The van der Waals surface area contributed by atoms with Crippen molar-refractivity contribution in [3.8, 4) is 17.2 Å². The number of aliphatic carboxylic acids is 1. The number of benzene rings is 2. The summed E-state index contributed by atoms with van der Waals surface area (Å²) in [5.74, 6) is -0.601. The highest BCUT2D eigenvalue weighted by Crippen LogP contribution is 2.31. The number of hydrogen-bond donors (Lipinski definition) is 1. The second-order valence-corrected chi connectivity index (χ2v) is 8.56. The predicted molar refractivity (Wildman–Crippen MR) is 118 cm³/mol. The molecule has 1 N–H and O–H groups in total. The number of nitrogens with zero attached hydrogens (tertiary/aromatic N) is 2. The van der Waals surface area contributed by atoms with E-state index >= 15 is 0 Å². The maximum absolute atomic E-state index is 13.8. The number of aryl methyl sites for hydroxylation is 1. The van der Waals surface area contributed by atoms with Gasteiger partial charge in [0, 0.05) is 43.6 Å². The Morgan fingerprint density at radius 1 is 1.30 bits per heavy atom. The van der Waals surface area contributed by atoms with Gasteiger partial charge in [0.05, 0.1) is 5.69 Å². The van der Waals surface area contributed by atoms with Crippen molar-refractivity contribution in [2.45, 2.75) is 39.8 Å². The minimum atomic E-state index is -0.900. The van der Waals surface area contributed by atoms with Gasteiger partial charge < -0.3 is 14.3 Å². The van der Waals surface area contributed by atoms with Crippen LogP contribution in [0.5, 0.6) is 5.75 Å². The largest absolute Gasteiger partial charge is 0.489 e. The van der Waals surface area contributed by atoms with Crippen molar-refractivity contribution in [1.82, 2.24) is 9.88 Å². The standard InChI is InChI=1S/C25H26F2N2O4/c1-15(10-23(30)31)12-29-9-8-22-21(13-29)28-25(33-22)19-7-6-18(11-16(19)2)32-14-17-4-3-5-20(26)24(17)27/h3-7,11,15H,8-10,12-14H2,1-2H3,(H,30,31). The van der Waals surface area contributed by atoms with E-state index in [1.807, 2.05) is 26.0 Å². The monoisotopic (exact) mass is 456 g/mol. The molecule has 1 aromatic heterocycles. The quantitative estimate of drug-likeness (QED) is 0.516. The Bertz CT molecular complexity index is 1160. The van der Waals surface area contributed by atoms with Crippen LogP contribution in [0.15, 0.2) is 40.8 Å². The molecule has 33 heavy (non-hydrogen) atoms. The zero-order chi connectivity index (χ0) is 23.5. The van der Waals surface area contributed by atoms with Gasteiger partial charge >= 0.3 is 5.97 Å². The molecule has 0 bridgehead atoms. The van der Waals surface area contributed by atoms with E-state index < -0.39 is 17.6 Å². The Labute approximate surface area is 190 Å². The smallest absolute Gasteiger partial charge is 0.303 e. The lowest BCUT2D eigenvalue weighted by atomic mass is 10.1. The highest BCUT2D eigenvalue weighted by atomic mass is 19.2. The van der Waals surface area contributed by atoms with E-state index in [-0.39, 0.29) is 24.5 Å². The first-order valence-corrected chi connectivity index (χ1v) is 10.9. The number of oxazole rings is 1. The van der Waals surface area contributed by atoms with Crippen molar-refractivity contribution in [2.75, 3.05) is 13.1 Å². The Morgan fingerprint density at radius 2 is 2.12 bits per heavy atom. The molecule has 0 aliphatic carbocycles. The van der Waals surface area contributed by atoms with Gasteiger partial charge in [0.2, 0.25) is 5.89 Å². The maximum atomic E-state index is 13.8. The summed E-state index contributed by atoms with van der Waals surface area (Å²) in [5, 5.41) is 8.97. The van der Waals surface area contributed by atoms with Crippen molar-refractivity contribution in [3.05, 3.63) is 70.6 Å². The van der Waals surface area contributed by atoms with Gasteiger partial charge in [-0.2, -0.15) is 0 Å². The summed E-state index contributed by atoms with van der Waals surface area (Å²) in [6, 6.07) is 9.42. The zero-order valence-electron chi connectivity index (χ0n) is 18.6. The third-order valence-corrected chi connectivity index (χ3v) is 5.75. The molecule has 1 aliphatic heterocycles. The van der Waals surface area contributed by atoms with E-state index in [1.165, 1.54) is 12.1 Å². The van der Waals surface area contributed by atoms with Crippen molar-refractivity contribution in [2.24, 2.45) is 5.92 Å². The van der Waals surface area contributed by atoms with Crippen molar-refractivity contribution >= 4 is 5.97 Å². The summed E-state index contributed by atoms with van der Waals surface area (Å²) >= 11 is 0. The lowest BCUT2D eigenvalue weighted by Crippen LogP contribution is -2.34. The van der Waals surface area contributed by atoms with E-state index in [0.717, 1.165) is 41.6 Å². The number of hydrogen-bond acceptors (Lipinski definition) is 5.